The van der Waals surface area contributed by atoms with Gasteiger partial charge in [0.1, 0.15) is 18.4 Å². The van der Waals surface area contributed by atoms with E-state index in [9.17, 15) is 22.4 Å². The highest BCUT2D eigenvalue weighted by Gasteiger charge is 2.33. The molecule has 0 bridgehead atoms. The molecule has 0 aromatic heterocycles. The Hall–Kier alpha value is -3.72. The van der Waals surface area contributed by atoms with Crippen molar-refractivity contribution < 1.29 is 22.4 Å². The van der Waals surface area contributed by atoms with E-state index in [2.05, 4.69) is 5.32 Å². The summed E-state index contributed by atoms with van der Waals surface area (Å²) in [6, 6.07) is 16.6. The van der Waals surface area contributed by atoms with E-state index in [0.717, 1.165) is 33.8 Å². The third-order valence-corrected chi connectivity index (χ3v) is 8.94. The minimum atomic E-state index is -4.14. The summed E-state index contributed by atoms with van der Waals surface area (Å²) in [7, 11) is -4.14. The summed E-state index contributed by atoms with van der Waals surface area (Å²) < 4.78 is 42.7. The van der Waals surface area contributed by atoms with Crippen LogP contribution in [0.3, 0.4) is 0 Å². The molecular weight excluding hydrogens is 541 g/mol. The average Bonchev–Trinajstić information content (AvgIpc) is 2.94. The fourth-order valence-corrected chi connectivity index (χ4v) is 5.87. The van der Waals surface area contributed by atoms with Gasteiger partial charge in [0.25, 0.3) is 10.0 Å². The Balaban J connectivity index is 2.05. The van der Waals surface area contributed by atoms with Gasteiger partial charge in [0, 0.05) is 13.1 Å². The molecular formula is C32H40FN3O4S. The molecule has 0 fully saturated rings. The standard InChI is InChI=1S/C32H40FN3O4S/c1-6-8-19-34-32(38)30(7-2)35(21-26-12-14-27(33)15-13-26)31(37)22-36(28-16-11-24(4)25(5)20-28)41(39,40)29-17-9-23(3)10-18-29/h9-18,20,30H,6-8,19,21-22H2,1-5H3,(H,34,38). The number of carbonyl (C=O) groups excluding carboxylic acids is 2. The first kappa shape index (κ1) is 31.8. The van der Waals surface area contributed by atoms with Crippen molar-refractivity contribution in [2.75, 3.05) is 17.4 Å². The molecule has 3 aromatic carbocycles. The molecule has 1 atom stereocenters. The van der Waals surface area contributed by atoms with Gasteiger partial charge in [-0.25, -0.2) is 12.8 Å². The zero-order valence-electron chi connectivity index (χ0n) is 24.5. The second-order valence-corrected chi connectivity index (χ2v) is 12.2. The van der Waals surface area contributed by atoms with Crippen molar-refractivity contribution in [1.82, 2.24) is 10.2 Å². The van der Waals surface area contributed by atoms with Crippen molar-refractivity contribution >= 4 is 27.5 Å². The molecule has 0 saturated heterocycles. The zero-order valence-corrected chi connectivity index (χ0v) is 25.3. The van der Waals surface area contributed by atoms with E-state index in [1.807, 2.05) is 33.8 Å². The molecule has 7 nitrogen and oxygen atoms in total. The predicted molar refractivity (Wildman–Crippen MR) is 161 cm³/mol. The topological polar surface area (TPSA) is 86.8 Å². The number of benzene rings is 3. The molecule has 220 valence electrons. The van der Waals surface area contributed by atoms with E-state index < -0.39 is 34.3 Å². The van der Waals surface area contributed by atoms with Crippen molar-refractivity contribution in [3.05, 3.63) is 94.8 Å². The number of anilines is 1. The van der Waals surface area contributed by atoms with Crippen molar-refractivity contribution in [2.45, 2.75) is 71.4 Å². The number of nitrogens with one attached hydrogen (secondary N) is 1. The average molecular weight is 582 g/mol. The van der Waals surface area contributed by atoms with E-state index >= 15 is 0 Å². The number of aryl methyl sites for hydroxylation is 3. The number of carbonyl (C=O) groups is 2. The first-order chi connectivity index (χ1) is 19.5. The summed E-state index contributed by atoms with van der Waals surface area (Å²) in [6.45, 7) is 9.47. The molecule has 41 heavy (non-hydrogen) atoms. The van der Waals surface area contributed by atoms with E-state index in [1.54, 1.807) is 43.3 Å². The van der Waals surface area contributed by atoms with Gasteiger partial charge >= 0.3 is 0 Å². The van der Waals surface area contributed by atoms with Gasteiger partial charge in [0.05, 0.1) is 10.6 Å². The molecule has 0 aliphatic rings. The van der Waals surface area contributed by atoms with E-state index in [-0.39, 0.29) is 17.3 Å². The summed E-state index contributed by atoms with van der Waals surface area (Å²) in [5, 5.41) is 2.90. The molecule has 0 aliphatic carbocycles. The first-order valence-electron chi connectivity index (χ1n) is 14.0. The highest BCUT2D eigenvalue weighted by molar-refractivity contribution is 7.92. The van der Waals surface area contributed by atoms with Crippen molar-refractivity contribution in [3.63, 3.8) is 0 Å². The summed E-state index contributed by atoms with van der Waals surface area (Å²) in [5.74, 6) is -1.27. The first-order valence-corrected chi connectivity index (χ1v) is 15.4. The van der Waals surface area contributed by atoms with Gasteiger partial charge in [-0.2, -0.15) is 0 Å². The van der Waals surface area contributed by atoms with Gasteiger partial charge in [0.15, 0.2) is 0 Å². The van der Waals surface area contributed by atoms with Crippen LogP contribution in [0.15, 0.2) is 71.6 Å². The van der Waals surface area contributed by atoms with Crippen LogP contribution in [0.2, 0.25) is 0 Å². The van der Waals surface area contributed by atoms with Gasteiger partial charge < -0.3 is 10.2 Å². The fraction of sp³-hybridized carbons (Fsp3) is 0.375. The fourth-order valence-electron chi connectivity index (χ4n) is 4.46. The van der Waals surface area contributed by atoms with Crippen LogP contribution < -0.4 is 9.62 Å². The van der Waals surface area contributed by atoms with Crippen molar-refractivity contribution in [3.8, 4) is 0 Å². The number of nitrogens with zero attached hydrogens (tertiary/aromatic N) is 2. The summed E-state index contributed by atoms with van der Waals surface area (Å²) >= 11 is 0. The Morgan fingerprint density at radius 2 is 1.56 bits per heavy atom. The van der Waals surface area contributed by atoms with Crippen LogP contribution in [0, 0.1) is 26.6 Å². The minimum absolute atomic E-state index is 0.0180. The molecule has 0 radical (unpaired) electrons. The highest BCUT2D eigenvalue weighted by Crippen LogP contribution is 2.27. The lowest BCUT2D eigenvalue weighted by Crippen LogP contribution is -2.52. The lowest BCUT2D eigenvalue weighted by Gasteiger charge is -2.33. The van der Waals surface area contributed by atoms with Gasteiger partial charge in [-0.1, -0.05) is 56.2 Å². The van der Waals surface area contributed by atoms with Crippen LogP contribution in [0.5, 0.6) is 0 Å². The second-order valence-electron chi connectivity index (χ2n) is 10.3. The lowest BCUT2D eigenvalue weighted by atomic mass is 10.1. The molecule has 9 heteroatoms. The maximum atomic E-state index is 14.1. The van der Waals surface area contributed by atoms with Gasteiger partial charge in [0.2, 0.25) is 11.8 Å². The molecule has 3 rings (SSSR count). The van der Waals surface area contributed by atoms with Crippen LogP contribution in [0.1, 0.15) is 55.4 Å². The molecule has 1 N–H and O–H groups in total. The number of halogens is 1. The monoisotopic (exact) mass is 581 g/mol. The normalized spacial score (nSPS) is 12.0. The number of unbranched alkanes of at least 4 members (excludes halogenated alkanes) is 1. The lowest BCUT2D eigenvalue weighted by molar-refractivity contribution is -0.140. The summed E-state index contributed by atoms with van der Waals surface area (Å²) in [4.78, 5) is 28.8. The van der Waals surface area contributed by atoms with Crippen LogP contribution in [-0.2, 0) is 26.2 Å². The number of hydrogen-bond donors (Lipinski definition) is 1. The summed E-state index contributed by atoms with van der Waals surface area (Å²) in [6.07, 6.45) is 2.01. The maximum Gasteiger partial charge on any atom is 0.264 e. The van der Waals surface area contributed by atoms with Crippen LogP contribution in [0.4, 0.5) is 10.1 Å². The largest absolute Gasteiger partial charge is 0.354 e. The van der Waals surface area contributed by atoms with Gasteiger partial charge in [-0.15, -0.1) is 0 Å². The van der Waals surface area contributed by atoms with Crippen LogP contribution >= 0.6 is 0 Å². The molecule has 0 aliphatic heterocycles. The number of amides is 2. The Morgan fingerprint density at radius 3 is 2.15 bits per heavy atom. The molecule has 0 spiro atoms. The SMILES string of the molecule is CCCCNC(=O)C(CC)N(Cc1ccc(F)cc1)C(=O)CN(c1ccc(C)c(C)c1)S(=O)(=O)c1ccc(C)cc1. The summed E-state index contributed by atoms with van der Waals surface area (Å²) in [5.41, 5.74) is 3.75. The van der Waals surface area contributed by atoms with E-state index in [1.165, 1.54) is 29.2 Å². The third kappa shape index (κ3) is 8.16. The van der Waals surface area contributed by atoms with E-state index in [0.29, 0.717) is 24.2 Å². The zero-order chi connectivity index (χ0) is 30.2. The smallest absolute Gasteiger partial charge is 0.264 e. The molecule has 0 heterocycles. The van der Waals surface area contributed by atoms with Crippen molar-refractivity contribution in [1.29, 1.82) is 0 Å². The van der Waals surface area contributed by atoms with Gasteiger partial charge in [-0.3, -0.25) is 13.9 Å². The quantitative estimate of drug-likeness (QED) is 0.264. The number of hydrogen-bond acceptors (Lipinski definition) is 4. The Morgan fingerprint density at radius 1 is 0.902 bits per heavy atom. The Bertz CT molecular complexity index is 1440. The minimum Gasteiger partial charge on any atom is -0.354 e. The Kier molecular flexibility index (Phi) is 11.1. The molecule has 0 saturated carbocycles. The van der Waals surface area contributed by atoms with Gasteiger partial charge in [-0.05, 0) is 86.7 Å². The Labute approximate surface area is 243 Å². The third-order valence-electron chi connectivity index (χ3n) is 7.15. The molecule has 1 unspecified atom stereocenters. The maximum absolute atomic E-state index is 14.1. The molecule has 2 amide bonds. The van der Waals surface area contributed by atoms with Crippen molar-refractivity contribution in [2.24, 2.45) is 0 Å². The number of rotatable bonds is 13. The second kappa shape index (κ2) is 14.3. The predicted octanol–water partition coefficient (Wildman–Crippen LogP) is 5.67. The highest BCUT2D eigenvalue weighted by atomic mass is 32.2. The molecule has 3 aromatic rings. The number of sulfonamides is 1. The van der Waals surface area contributed by atoms with Crippen LogP contribution in [-0.4, -0.2) is 44.3 Å². The van der Waals surface area contributed by atoms with Crippen LogP contribution in [0.25, 0.3) is 0 Å². The van der Waals surface area contributed by atoms with E-state index in [4.69, 9.17) is 0 Å².